The number of ether oxygens (including phenoxy) is 1. The molecule has 1 N–H and O–H groups in total. The Labute approximate surface area is 203 Å². The van der Waals surface area contributed by atoms with Gasteiger partial charge in [0, 0.05) is 26.6 Å². The van der Waals surface area contributed by atoms with Crippen molar-refractivity contribution in [1.29, 1.82) is 0 Å². The van der Waals surface area contributed by atoms with Gasteiger partial charge in [-0.1, -0.05) is 55.5 Å². The molecule has 180 valence electrons. The van der Waals surface area contributed by atoms with Crippen LogP contribution >= 0.6 is 0 Å². The summed E-state index contributed by atoms with van der Waals surface area (Å²) in [5, 5.41) is 2.90. The number of rotatable bonds is 8. The second-order valence-corrected chi connectivity index (χ2v) is 9.07. The lowest BCUT2D eigenvalue weighted by Crippen LogP contribution is -2.46. The third-order valence-corrected chi connectivity index (χ3v) is 7.08. The van der Waals surface area contributed by atoms with E-state index in [2.05, 4.69) is 53.8 Å². The molecule has 2 aromatic carbocycles. The van der Waals surface area contributed by atoms with Crippen LogP contribution in [0.15, 0.2) is 48.5 Å². The zero-order chi connectivity index (χ0) is 24.2. The van der Waals surface area contributed by atoms with Gasteiger partial charge >= 0.3 is 0 Å². The Bertz CT molecular complexity index is 1140. The van der Waals surface area contributed by atoms with Crippen molar-refractivity contribution in [2.75, 3.05) is 20.7 Å². The highest BCUT2D eigenvalue weighted by Crippen LogP contribution is 2.41. The van der Waals surface area contributed by atoms with Crippen LogP contribution in [0.25, 0.3) is 0 Å². The number of methoxy groups -OCH3 is 1. The van der Waals surface area contributed by atoms with Crippen LogP contribution in [0.5, 0.6) is 5.88 Å². The Kier molecular flexibility index (Phi) is 7.37. The molecule has 0 aliphatic carbocycles. The lowest BCUT2D eigenvalue weighted by atomic mass is 9.94. The fourth-order valence-corrected chi connectivity index (χ4v) is 5.15. The predicted molar refractivity (Wildman–Crippen MR) is 135 cm³/mol. The second-order valence-electron chi connectivity index (χ2n) is 9.07. The van der Waals surface area contributed by atoms with Crippen molar-refractivity contribution in [2.45, 2.75) is 58.7 Å². The van der Waals surface area contributed by atoms with Crippen molar-refractivity contribution < 1.29 is 9.53 Å². The molecule has 0 fully saturated rings. The Balaban J connectivity index is 1.77. The summed E-state index contributed by atoms with van der Waals surface area (Å²) < 4.78 is 8.09. The first-order valence-electron chi connectivity index (χ1n) is 12.2. The summed E-state index contributed by atoms with van der Waals surface area (Å²) >= 11 is 0. The summed E-state index contributed by atoms with van der Waals surface area (Å²) in [5.41, 5.74) is 6.01. The monoisotopic (exact) mass is 460 g/mol. The van der Waals surface area contributed by atoms with Crippen molar-refractivity contribution >= 4 is 5.91 Å². The summed E-state index contributed by atoms with van der Waals surface area (Å²) in [7, 11) is 3.40. The van der Waals surface area contributed by atoms with E-state index < -0.39 is 0 Å². The number of likely N-dealkylation sites (N-methyl/N-ethyl adjacent to an activating group) is 1. The molecule has 1 aliphatic rings. The Morgan fingerprint density at radius 2 is 1.91 bits per heavy atom. The first-order valence-corrected chi connectivity index (χ1v) is 12.2. The van der Waals surface area contributed by atoms with E-state index in [-0.39, 0.29) is 18.0 Å². The topological polar surface area (TPSA) is 59.4 Å². The molecule has 1 aliphatic heterocycles. The molecule has 4 rings (SSSR count). The third-order valence-electron chi connectivity index (χ3n) is 7.08. The molecule has 0 spiro atoms. The van der Waals surface area contributed by atoms with Gasteiger partial charge in [-0.15, -0.1) is 0 Å². The summed E-state index contributed by atoms with van der Waals surface area (Å²) in [6.07, 6.45) is 2.62. The average molecular weight is 461 g/mol. The minimum absolute atomic E-state index is 0.000570. The summed E-state index contributed by atoms with van der Waals surface area (Å²) in [5.74, 6) is 1.72. The number of nitrogens with zero attached hydrogens (tertiary/aromatic N) is 3. The molecule has 1 amide bonds. The number of aryl methyl sites for hydroxylation is 4. The highest BCUT2D eigenvalue weighted by atomic mass is 16.5. The maximum Gasteiger partial charge on any atom is 0.241 e. The molecule has 2 atom stereocenters. The van der Waals surface area contributed by atoms with Gasteiger partial charge < -0.3 is 14.6 Å². The van der Waals surface area contributed by atoms with Crippen LogP contribution in [0.1, 0.15) is 59.2 Å². The van der Waals surface area contributed by atoms with Crippen LogP contribution in [0, 0.1) is 13.8 Å². The molecule has 1 aromatic heterocycles. The maximum absolute atomic E-state index is 13.2. The fraction of sp³-hybridized carbons (Fsp3) is 0.429. The molecule has 3 aromatic rings. The van der Waals surface area contributed by atoms with E-state index >= 15 is 0 Å². The number of aromatic nitrogens is 2. The standard InChI is InChI=1S/C28H36N4O2/c1-6-24-30-28(34-5)26-23(15-14-21-13-12-19(2)20(3)18-21)31(16-17-32(24)26)25(27(33)29-4)22-10-8-7-9-11-22/h7-13,18,23,25H,6,14-17H2,1-5H3,(H,29,33)/t23-,25-/m1/s1. The first kappa shape index (κ1) is 24.0. The van der Waals surface area contributed by atoms with E-state index in [9.17, 15) is 4.79 Å². The number of carbonyl (C=O) groups excluding carboxylic acids is 1. The Morgan fingerprint density at radius 3 is 2.56 bits per heavy atom. The number of carbonyl (C=O) groups is 1. The van der Waals surface area contributed by atoms with Crippen molar-refractivity contribution in [1.82, 2.24) is 19.8 Å². The molecule has 6 nitrogen and oxygen atoms in total. The summed E-state index contributed by atoms with van der Waals surface area (Å²) in [4.78, 5) is 20.4. The van der Waals surface area contributed by atoms with Gasteiger partial charge in [0.05, 0.1) is 18.8 Å². The molecule has 0 radical (unpaired) electrons. The molecule has 0 saturated heterocycles. The molecular weight excluding hydrogens is 424 g/mol. The highest BCUT2D eigenvalue weighted by molar-refractivity contribution is 5.83. The van der Waals surface area contributed by atoms with Crippen LogP contribution in [0.4, 0.5) is 0 Å². The van der Waals surface area contributed by atoms with E-state index in [1.807, 2.05) is 30.3 Å². The molecule has 34 heavy (non-hydrogen) atoms. The van der Waals surface area contributed by atoms with Gasteiger partial charge in [0.1, 0.15) is 11.9 Å². The minimum Gasteiger partial charge on any atom is -0.480 e. The van der Waals surface area contributed by atoms with E-state index in [0.717, 1.165) is 49.4 Å². The van der Waals surface area contributed by atoms with Crippen LogP contribution in [-0.4, -0.2) is 41.1 Å². The fourth-order valence-electron chi connectivity index (χ4n) is 5.15. The number of imidazole rings is 1. The number of fused-ring (bicyclic) bond motifs is 1. The largest absolute Gasteiger partial charge is 0.480 e. The number of hydrogen-bond donors (Lipinski definition) is 1. The van der Waals surface area contributed by atoms with Crippen molar-refractivity contribution in [3.63, 3.8) is 0 Å². The molecule has 0 saturated carbocycles. The van der Waals surface area contributed by atoms with Gasteiger partial charge in [-0.2, -0.15) is 4.98 Å². The van der Waals surface area contributed by atoms with Crippen molar-refractivity contribution in [2.24, 2.45) is 0 Å². The highest BCUT2D eigenvalue weighted by Gasteiger charge is 2.39. The molecule has 0 unspecified atom stereocenters. The quantitative estimate of drug-likeness (QED) is 0.536. The van der Waals surface area contributed by atoms with Crippen LogP contribution in [0.2, 0.25) is 0 Å². The van der Waals surface area contributed by atoms with E-state index in [1.54, 1.807) is 14.2 Å². The summed E-state index contributed by atoms with van der Waals surface area (Å²) in [6.45, 7) is 7.99. The summed E-state index contributed by atoms with van der Waals surface area (Å²) in [6, 6.07) is 16.4. The first-order chi connectivity index (χ1) is 16.5. The van der Waals surface area contributed by atoms with E-state index in [0.29, 0.717) is 5.88 Å². The van der Waals surface area contributed by atoms with Gasteiger partial charge in [-0.3, -0.25) is 9.69 Å². The van der Waals surface area contributed by atoms with E-state index in [4.69, 9.17) is 9.72 Å². The maximum atomic E-state index is 13.2. The third kappa shape index (κ3) is 4.60. The SMILES string of the molecule is CCc1nc(OC)c2n1CCN([C@@H](C(=O)NC)c1ccccc1)[C@@H]2CCc1ccc(C)c(C)c1. The van der Waals surface area contributed by atoms with Gasteiger partial charge in [0.15, 0.2) is 0 Å². The van der Waals surface area contributed by atoms with E-state index in [1.165, 1.54) is 16.7 Å². The van der Waals surface area contributed by atoms with Crippen LogP contribution in [0.3, 0.4) is 0 Å². The van der Waals surface area contributed by atoms with Gasteiger partial charge in [0.25, 0.3) is 0 Å². The van der Waals surface area contributed by atoms with Gasteiger partial charge in [-0.05, 0) is 48.9 Å². The van der Waals surface area contributed by atoms with Gasteiger partial charge in [0.2, 0.25) is 11.8 Å². The zero-order valence-corrected chi connectivity index (χ0v) is 21.0. The predicted octanol–water partition coefficient (Wildman–Crippen LogP) is 4.55. The average Bonchev–Trinajstić information content (AvgIpc) is 3.24. The molecule has 2 heterocycles. The number of nitrogens with one attached hydrogen (secondary N) is 1. The molecular formula is C28H36N4O2. The molecule has 0 bridgehead atoms. The number of amides is 1. The number of benzene rings is 2. The molecule has 6 heteroatoms. The smallest absolute Gasteiger partial charge is 0.241 e. The van der Waals surface area contributed by atoms with Crippen molar-refractivity contribution in [3.8, 4) is 5.88 Å². The second kappa shape index (κ2) is 10.4. The van der Waals surface area contributed by atoms with Crippen LogP contribution in [-0.2, 0) is 24.2 Å². The van der Waals surface area contributed by atoms with Crippen molar-refractivity contribution in [3.05, 3.63) is 82.3 Å². The normalized spacial score (nSPS) is 16.7. The number of hydrogen-bond acceptors (Lipinski definition) is 4. The van der Waals surface area contributed by atoms with Gasteiger partial charge in [-0.25, -0.2) is 0 Å². The minimum atomic E-state index is -0.380. The Hall–Kier alpha value is -3.12. The lowest BCUT2D eigenvalue weighted by molar-refractivity contribution is -0.128. The Morgan fingerprint density at radius 1 is 1.15 bits per heavy atom. The zero-order valence-electron chi connectivity index (χ0n) is 21.0. The van der Waals surface area contributed by atoms with Crippen LogP contribution < -0.4 is 10.1 Å². The lowest BCUT2D eigenvalue weighted by Gasteiger charge is -2.41.